The van der Waals surface area contributed by atoms with Gasteiger partial charge in [0.05, 0.1) is 24.3 Å². The number of aryl methyl sites for hydroxylation is 1. The molecule has 10 atom stereocenters. The summed E-state index contributed by atoms with van der Waals surface area (Å²) in [6.07, 6.45) is -17.2. The van der Waals surface area contributed by atoms with Gasteiger partial charge in [-0.2, -0.15) is 0 Å². The van der Waals surface area contributed by atoms with Crippen LogP contribution in [0.15, 0.2) is 24.3 Å². The lowest BCUT2D eigenvalue weighted by molar-refractivity contribution is -0.357. The SMILES string of the molecule is Cc1cc(O[C@H]2O[C@@H](CO)[C@H](O)[C@@H](O)[C@@H]2O[C@@H]2O[C@H](CO)[C@@H](O)[C@H](O)[C@H]2O)c2c(c1)C(=O)c1cc(O)cc(O)c1C2=O. The van der Waals surface area contributed by atoms with Crippen molar-refractivity contribution in [1.82, 2.24) is 0 Å². The van der Waals surface area contributed by atoms with Crippen LogP contribution in [0, 0.1) is 6.92 Å². The van der Waals surface area contributed by atoms with Crippen LogP contribution in [0.1, 0.15) is 37.4 Å². The molecule has 2 heterocycles. The molecule has 42 heavy (non-hydrogen) atoms. The van der Waals surface area contributed by atoms with Crippen molar-refractivity contribution < 1.29 is 74.5 Å². The summed E-state index contributed by atoms with van der Waals surface area (Å²) in [4.78, 5) is 26.9. The number of hydrogen-bond donors (Lipinski definition) is 9. The lowest BCUT2D eigenvalue weighted by Crippen LogP contribution is -2.65. The molecule has 15 heteroatoms. The number of ether oxygens (including phenoxy) is 4. The molecule has 0 saturated carbocycles. The van der Waals surface area contributed by atoms with Gasteiger partial charge in [-0.25, -0.2) is 0 Å². The van der Waals surface area contributed by atoms with E-state index in [1.807, 2.05) is 0 Å². The molecule has 1 aliphatic carbocycles. The number of benzene rings is 2. The van der Waals surface area contributed by atoms with Crippen LogP contribution in [0.2, 0.25) is 0 Å². The Labute approximate surface area is 237 Å². The van der Waals surface area contributed by atoms with Gasteiger partial charge < -0.3 is 64.9 Å². The molecule has 9 N–H and O–H groups in total. The fraction of sp³-hybridized carbons (Fsp3) is 0.481. The van der Waals surface area contributed by atoms with Crippen molar-refractivity contribution in [1.29, 1.82) is 0 Å². The molecule has 0 radical (unpaired) electrons. The van der Waals surface area contributed by atoms with E-state index in [-0.39, 0.29) is 28.0 Å². The van der Waals surface area contributed by atoms with Crippen LogP contribution in [0.3, 0.4) is 0 Å². The summed E-state index contributed by atoms with van der Waals surface area (Å²) in [5.74, 6) is -2.91. The molecular weight excluding hydrogens is 564 g/mol. The number of hydrogen-bond acceptors (Lipinski definition) is 15. The normalized spacial score (nSPS) is 34.6. The maximum absolute atomic E-state index is 13.6. The molecule has 3 aliphatic rings. The zero-order valence-electron chi connectivity index (χ0n) is 22.0. The molecule has 2 saturated heterocycles. The zero-order chi connectivity index (χ0) is 30.6. The summed E-state index contributed by atoms with van der Waals surface area (Å²) in [5.41, 5.74) is -0.622. The van der Waals surface area contributed by atoms with Crippen molar-refractivity contribution >= 4 is 11.6 Å². The van der Waals surface area contributed by atoms with E-state index in [9.17, 15) is 55.5 Å². The number of phenols is 2. The van der Waals surface area contributed by atoms with Gasteiger partial charge in [-0.05, 0) is 30.7 Å². The Bertz CT molecular complexity index is 1380. The number of phenolic OH excluding ortho intramolecular Hbond substituents is 2. The largest absolute Gasteiger partial charge is 0.508 e. The second-order valence-corrected chi connectivity index (χ2v) is 10.4. The van der Waals surface area contributed by atoms with Crippen molar-refractivity contribution in [2.24, 2.45) is 0 Å². The predicted octanol–water partition coefficient (Wildman–Crippen LogP) is -2.82. The third kappa shape index (κ3) is 5.03. The molecule has 0 bridgehead atoms. The molecule has 2 aromatic rings. The highest BCUT2D eigenvalue weighted by Gasteiger charge is 2.51. The van der Waals surface area contributed by atoms with Crippen molar-refractivity contribution in [3.63, 3.8) is 0 Å². The second-order valence-electron chi connectivity index (χ2n) is 10.4. The number of carbonyl (C=O) groups is 2. The summed E-state index contributed by atoms with van der Waals surface area (Å²) in [7, 11) is 0. The summed E-state index contributed by atoms with van der Waals surface area (Å²) < 4.78 is 22.6. The third-order valence-electron chi connectivity index (χ3n) is 7.50. The van der Waals surface area contributed by atoms with Gasteiger partial charge in [0.1, 0.15) is 60.0 Å². The zero-order valence-corrected chi connectivity index (χ0v) is 22.0. The highest BCUT2D eigenvalue weighted by Crippen LogP contribution is 2.41. The molecule has 228 valence electrons. The minimum absolute atomic E-state index is 0.131. The van der Waals surface area contributed by atoms with Gasteiger partial charge in [0, 0.05) is 17.2 Å². The van der Waals surface area contributed by atoms with E-state index in [1.54, 1.807) is 6.92 Å². The molecule has 0 aromatic heterocycles. The van der Waals surface area contributed by atoms with E-state index >= 15 is 0 Å². The van der Waals surface area contributed by atoms with Crippen LogP contribution >= 0.6 is 0 Å². The van der Waals surface area contributed by atoms with Crippen LogP contribution in [-0.4, -0.2) is 132 Å². The Morgan fingerprint density at radius 2 is 1.31 bits per heavy atom. The average molecular weight is 595 g/mol. The summed E-state index contributed by atoms with van der Waals surface area (Å²) in [6.45, 7) is 0.0133. The van der Waals surface area contributed by atoms with Crippen LogP contribution in [0.5, 0.6) is 17.2 Å². The fourth-order valence-electron chi connectivity index (χ4n) is 5.31. The van der Waals surface area contributed by atoms with Gasteiger partial charge in [0.2, 0.25) is 12.1 Å². The van der Waals surface area contributed by atoms with Crippen molar-refractivity contribution in [2.75, 3.05) is 13.2 Å². The van der Waals surface area contributed by atoms with Crippen molar-refractivity contribution in [3.8, 4) is 17.2 Å². The number of ketones is 2. The third-order valence-corrected chi connectivity index (χ3v) is 7.50. The Morgan fingerprint density at radius 1 is 0.714 bits per heavy atom. The number of aromatic hydroxyl groups is 2. The van der Waals surface area contributed by atoms with Gasteiger partial charge in [0.25, 0.3) is 0 Å². The second kappa shape index (κ2) is 11.5. The quantitative estimate of drug-likeness (QED) is 0.140. The topological polar surface area (TPSA) is 253 Å². The molecule has 2 aromatic carbocycles. The Kier molecular flexibility index (Phi) is 8.25. The molecule has 2 fully saturated rings. The first kappa shape index (κ1) is 30.2. The number of carbonyl (C=O) groups excluding carboxylic acids is 2. The number of aliphatic hydroxyl groups excluding tert-OH is 7. The summed E-state index contributed by atoms with van der Waals surface area (Å²) in [5, 5.41) is 91.5. The molecule has 2 aliphatic heterocycles. The first-order chi connectivity index (χ1) is 19.9. The molecule has 5 rings (SSSR count). The minimum Gasteiger partial charge on any atom is -0.508 e. The molecule has 0 amide bonds. The van der Waals surface area contributed by atoms with Crippen LogP contribution in [0.25, 0.3) is 0 Å². The smallest absolute Gasteiger partial charge is 0.229 e. The lowest BCUT2D eigenvalue weighted by atomic mass is 9.82. The van der Waals surface area contributed by atoms with E-state index in [0.29, 0.717) is 5.56 Å². The van der Waals surface area contributed by atoms with Crippen LogP contribution in [-0.2, 0) is 14.2 Å². The van der Waals surface area contributed by atoms with Crippen molar-refractivity contribution in [3.05, 3.63) is 52.1 Å². The first-order valence-corrected chi connectivity index (χ1v) is 12.9. The number of rotatable bonds is 6. The predicted molar refractivity (Wildman–Crippen MR) is 135 cm³/mol. The molecule has 0 unspecified atom stereocenters. The highest BCUT2D eigenvalue weighted by molar-refractivity contribution is 6.30. The van der Waals surface area contributed by atoms with Gasteiger partial charge in [-0.1, -0.05) is 0 Å². The van der Waals surface area contributed by atoms with E-state index in [4.69, 9.17) is 18.9 Å². The van der Waals surface area contributed by atoms with Crippen molar-refractivity contribution in [2.45, 2.75) is 68.3 Å². The lowest BCUT2D eigenvalue weighted by Gasteiger charge is -2.46. The van der Waals surface area contributed by atoms with E-state index < -0.39 is 97.7 Å². The fourth-order valence-corrected chi connectivity index (χ4v) is 5.31. The van der Waals surface area contributed by atoms with Gasteiger partial charge >= 0.3 is 0 Å². The maximum Gasteiger partial charge on any atom is 0.229 e. The number of fused-ring (bicyclic) bond motifs is 2. The maximum atomic E-state index is 13.6. The minimum atomic E-state index is -1.90. The van der Waals surface area contributed by atoms with Crippen LogP contribution in [0.4, 0.5) is 0 Å². The van der Waals surface area contributed by atoms with E-state index in [0.717, 1.165) is 12.1 Å². The van der Waals surface area contributed by atoms with E-state index in [1.165, 1.54) is 12.1 Å². The number of aliphatic hydroxyl groups is 7. The van der Waals surface area contributed by atoms with Gasteiger partial charge in [-0.15, -0.1) is 0 Å². The highest BCUT2D eigenvalue weighted by atomic mass is 16.8. The van der Waals surface area contributed by atoms with Crippen LogP contribution < -0.4 is 4.74 Å². The van der Waals surface area contributed by atoms with Gasteiger partial charge in [0.15, 0.2) is 18.2 Å². The monoisotopic (exact) mass is 594 g/mol. The molecular formula is C27H30O15. The Balaban J connectivity index is 1.53. The summed E-state index contributed by atoms with van der Waals surface area (Å²) in [6, 6.07) is 4.68. The molecule has 0 spiro atoms. The van der Waals surface area contributed by atoms with Gasteiger partial charge in [-0.3, -0.25) is 9.59 Å². The average Bonchev–Trinajstić information content (AvgIpc) is 2.94. The van der Waals surface area contributed by atoms with E-state index in [2.05, 4.69) is 0 Å². The Hall–Kier alpha value is -3.22. The summed E-state index contributed by atoms with van der Waals surface area (Å²) >= 11 is 0. The first-order valence-electron chi connectivity index (χ1n) is 12.9. The molecule has 15 nitrogen and oxygen atoms in total. The Morgan fingerprint density at radius 3 is 1.95 bits per heavy atom. The standard InChI is InChI=1S/C27H30O15/c1-8-2-10-17(21(35)16-11(18(10)32)4-9(30)5-12(16)31)13(3-8)39-27-25(23(37)20(34)15(7-29)41-27)42-26-24(38)22(36)19(33)14(6-28)40-26/h2-5,14-15,19-20,22-31,33-34,36-38H,6-7H2,1H3/t14-,15+,19-,20+,22+,23-,24-,25+,26+,27+/m1/s1.